The summed E-state index contributed by atoms with van der Waals surface area (Å²) in [6.07, 6.45) is 0. The molecule has 30 heavy (non-hydrogen) atoms. The van der Waals surface area contributed by atoms with Crippen LogP contribution in [0.2, 0.25) is 0 Å². The van der Waals surface area contributed by atoms with Crippen molar-refractivity contribution >= 4 is 17.4 Å². The Morgan fingerprint density at radius 1 is 1.13 bits per heavy atom. The van der Waals surface area contributed by atoms with Gasteiger partial charge < -0.3 is 24.6 Å². The lowest BCUT2D eigenvalue weighted by atomic mass is 9.94. The number of nitrogens with zero attached hydrogens (tertiary/aromatic N) is 1. The van der Waals surface area contributed by atoms with E-state index in [0.717, 1.165) is 5.56 Å². The summed E-state index contributed by atoms with van der Waals surface area (Å²) in [5.74, 6) is -1.53. The maximum Gasteiger partial charge on any atom is 0.295 e. The molecule has 0 aliphatic carbocycles. The fourth-order valence-electron chi connectivity index (χ4n) is 3.49. The fourth-order valence-corrected chi connectivity index (χ4v) is 3.49. The molecule has 2 N–H and O–H groups in total. The van der Waals surface area contributed by atoms with Crippen LogP contribution in [0.4, 0.5) is 0 Å². The molecular formula is C23H25NO6. The number of aliphatic hydroxyl groups excluding tert-OH is 1. The summed E-state index contributed by atoms with van der Waals surface area (Å²) in [5, 5.41) is 21.0. The van der Waals surface area contributed by atoms with Gasteiger partial charge in [-0.3, -0.25) is 9.59 Å². The molecule has 1 aliphatic heterocycles. The summed E-state index contributed by atoms with van der Waals surface area (Å²) >= 11 is 0. The molecule has 7 nitrogen and oxygen atoms in total. The van der Waals surface area contributed by atoms with Crippen molar-refractivity contribution in [3.05, 3.63) is 64.7 Å². The van der Waals surface area contributed by atoms with E-state index in [-0.39, 0.29) is 36.0 Å². The van der Waals surface area contributed by atoms with Crippen LogP contribution in [-0.4, -0.2) is 53.7 Å². The third kappa shape index (κ3) is 4.02. The average Bonchev–Trinajstić information content (AvgIpc) is 2.98. The van der Waals surface area contributed by atoms with Gasteiger partial charge in [0.25, 0.3) is 11.7 Å². The molecule has 1 heterocycles. The van der Waals surface area contributed by atoms with E-state index in [4.69, 9.17) is 9.47 Å². The van der Waals surface area contributed by atoms with Gasteiger partial charge in [0, 0.05) is 19.2 Å². The summed E-state index contributed by atoms with van der Waals surface area (Å²) in [6, 6.07) is 10.8. The standard InChI is InChI=1S/C23H25NO6/c1-4-30-18-13-16(9-10-17(18)25)20-19(21(26)15-7-5-14(2)6-8-15)22(27)23(28)24(20)11-12-29-3/h5-10,13,20,25-26H,4,11-12H2,1-3H3/b21-19+/t20-/m0/s1. The number of ketones is 1. The van der Waals surface area contributed by atoms with Crippen LogP contribution in [0.1, 0.15) is 29.7 Å². The minimum absolute atomic E-state index is 0.00639. The number of aliphatic hydroxyl groups is 1. The van der Waals surface area contributed by atoms with Gasteiger partial charge in [-0.25, -0.2) is 0 Å². The Morgan fingerprint density at radius 2 is 1.83 bits per heavy atom. The molecule has 1 amide bonds. The van der Waals surface area contributed by atoms with E-state index in [1.165, 1.54) is 18.1 Å². The van der Waals surface area contributed by atoms with E-state index >= 15 is 0 Å². The van der Waals surface area contributed by atoms with E-state index in [1.807, 2.05) is 19.1 Å². The lowest BCUT2D eigenvalue weighted by molar-refractivity contribution is -0.140. The predicted molar refractivity (Wildman–Crippen MR) is 111 cm³/mol. The molecular weight excluding hydrogens is 386 g/mol. The molecule has 2 aromatic carbocycles. The van der Waals surface area contributed by atoms with Gasteiger partial charge >= 0.3 is 0 Å². The zero-order valence-electron chi connectivity index (χ0n) is 17.2. The van der Waals surface area contributed by atoms with Crippen LogP contribution in [0, 0.1) is 6.92 Å². The molecule has 1 fully saturated rings. The van der Waals surface area contributed by atoms with Crippen LogP contribution in [0.3, 0.4) is 0 Å². The number of phenols is 1. The van der Waals surface area contributed by atoms with Crippen LogP contribution in [-0.2, 0) is 14.3 Å². The molecule has 3 rings (SSSR count). The summed E-state index contributed by atoms with van der Waals surface area (Å²) < 4.78 is 10.6. The lowest BCUT2D eigenvalue weighted by Gasteiger charge is -2.25. The Balaban J connectivity index is 2.17. The van der Waals surface area contributed by atoms with E-state index in [9.17, 15) is 19.8 Å². The molecule has 1 aliphatic rings. The quantitative estimate of drug-likeness (QED) is 0.413. The maximum atomic E-state index is 12.9. The Morgan fingerprint density at radius 3 is 2.47 bits per heavy atom. The van der Waals surface area contributed by atoms with Gasteiger partial charge in [-0.05, 0) is 31.5 Å². The smallest absolute Gasteiger partial charge is 0.295 e. The van der Waals surface area contributed by atoms with Crippen LogP contribution < -0.4 is 4.74 Å². The van der Waals surface area contributed by atoms with Gasteiger partial charge in [0.15, 0.2) is 11.5 Å². The fraction of sp³-hybridized carbons (Fsp3) is 0.304. The van der Waals surface area contributed by atoms with Gasteiger partial charge in [-0.2, -0.15) is 0 Å². The number of aromatic hydroxyl groups is 1. The van der Waals surface area contributed by atoms with E-state index in [0.29, 0.717) is 17.7 Å². The normalized spacial score (nSPS) is 18.1. The molecule has 0 radical (unpaired) electrons. The molecule has 7 heteroatoms. The summed E-state index contributed by atoms with van der Waals surface area (Å²) in [7, 11) is 1.51. The number of ether oxygens (including phenoxy) is 2. The van der Waals surface area contributed by atoms with Gasteiger partial charge in [0.2, 0.25) is 0 Å². The molecule has 0 bridgehead atoms. The number of likely N-dealkylation sites (tertiary alicyclic amines) is 1. The highest BCUT2D eigenvalue weighted by atomic mass is 16.5. The summed E-state index contributed by atoms with van der Waals surface area (Å²) in [5.41, 5.74) is 1.98. The third-order valence-corrected chi connectivity index (χ3v) is 5.00. The van der Waals surface area contributed by atoms with E-state index in [2.05, 4.69) is 0 Å². The first-order chi connectivity index (χ1) is 14.4. The molecule has 158 valence electrons. The second-order valence-corrected chi connectivity index (χ2v) is 7.01. The third-order valence-electron chi connectivity index (χ3n) is 5.00. The molecule has 0 saturated carbocycles. The van der Waals surface area contributed by atoms with Crippen LogP contribution >= 0.6 is 0 Å². The van der Waals surface area contributed by atoms with Crippen molar-refractivity contribution < 1.29 is 29.3 Å². The van der Waals surface area contributed by atoms with E-state index in [1.54, 1.807) is 31.2 Å². The van der Waals surface area contributed by atoms with Crippen molar-refractivity contribution in [1.29, 1.82) is 0 Å². The SMILES string of the molecule is CCOc1cc([C@H]2/C(=C(\O)c3ccc(C)cc3)C(=O)C(=O)N2CCOC)ccc1O. The molecule has 1 atom stereocenters. The second kappa shape index (κ2) is 9.00. The van der Waals surface area contributed by atoms with Gasteiger partial charge in [-0.15, -0.1) is 0 Å². The number of phenolic OH excluding ortho intramolecular Hbond substituents is 1. The second-order valence-electron chi connectivity index (χ2n) is 7.01. The maximum absolute atomic E-state index is 12.9. The molecule has 2 aromatic rings. The van der Waals surface area contributed by atoms with Crippen molar-refractivity contribution in [2.45, 2.75) is 19.9 Å². The minimum Gasteiger partial charge on any atom is -0.507 e. The first kappa shape index (κ1) is 21.4. The monoisotopic (exact) mass is 411 g/mol. The number of hydrogen-bond donors (Lipinski definition) is 2. The van der Waals surface area contributed by atoms with Crippen molar-refractivity contribution in [1.82, 2.24) is 4.90 Å². The van der Waals surface area contributed by atoms with Crippen LogP contribution in [0.5, 0.6) is 11.5 Å². The minimum atomic E-state index is -0.832. The van der Waals surface area contributed by atoms with Crippen molar-refractivity contribution in [3.63, 3.8) is 0 Å². The summed E-state index contributed by atoms with van der Waals surface area (Å²) in [4.78, 5) is 27.0. The Hall–Kier alpha value is -3.32. The number of hydrogen-bond acceptors (Lipinski definition) is 6. The van der Waals surface area contributed by atoms with Crippen molar-refractivity contribution in [2.24, 2.45) is 0 Å². The van der Waals surface area contributed by atoms with Gasteiger partial charge in [0.05, 0.1) is 24.8 Å². The predicted octanol–water partition coefficient (Wildman–Crippen LogP) is 3.17. The van der Waals surface area contributed by atoms with Crippen molar-refractivity contribution in [2.75, 3.05) is 26.9 Å². The number of rotatable bonds is 7. The topological polar surface area (TPSA) is 96.3 Å². The average molecular weight is 411 g/mol. The van der Waals surface area contributed by atoms with Gasteiger partial charge in [0.1, 0.15) is 5.76 Å². The number of Topliss-reactive ketones (excluding diaryl/α,β-unsaturated/α-hetero) is 1. The van der Waals surface area contributed by atoms with Crippen LogP contribution in [0.25, 0.3) is 5.76 Å². The highest BCUT2D eigenvalue weighted by Gasteiger charge is 2.46. The zero-order chi connectivity index (χ0) is 21.8. The first-order valence-electron chi connectivity index (χ1n) is 9.69. The lowest BCUT2D eigenvalue weighted by Crippen LogP contribution is -2.32. The molecule has 0 spiro atoms. The van der Waals surface area contributed by atoms with Crippen molar-refractivity contribution in [3.8, 4) is 11.5 Å². The Labute approximate surface area is 175 Å². The molecule has 0 unspecified atom stereocenters. The van der Waals surface area contributed by atoms with Crippen LogP contribution in [0.15, 0.2) is 48.0 Å². The number of aryl methyl sites for hydroxylation is 1. The number of carbonyl (C=O) groups is 2. The zero-order valence-corrected chi connectivity index (χ0v) is 17.2. The largest absolute Gasteiger partial charge is 0.507 e. The number of carbonyl (C=O) groups excluding carboxylic acids is 2. The number of benzene rings is 2. The van der Waals surface area contributed by atoms with Gasteiger partial charge in [-0.1, -0.05) is 35.9 Å². The highest BCUT2D eigenvalue weighted by Crippen LogP contribution is 2.41. The Kier molecular flexibility index (Phi) is 6.42. The first-order valence-corrected chi connectivity index (χ1v) is 9.69. The number of amides is 1. The van der Waals surface area contributed by atoms with E-state index < -0.39 is 17.7 Å². The highest BCUT2D eigenvalue weighted by molar-refractivity contribution is 6.46. The number of methoxy groups -OCH3 is 1. The molecule has 0 aromatic heterocycles. The Bertz CT molecular complexity index is 980. The summed E-state index contributed by atoms with van der Waals surface area (Å²) in [6.45, 7) is 4.43. The molecule has 1 saturated heterocycles.